The van der Waals surface area contributed by atoms with Crippen molar-refractivity contribution in [2.45, 2.75) is 52.5 Å². The molecule has 0 amide bonds. The van der Waals surface area contributed by atoms with Crippen LogP contribution in [0.25, 0.3) is 0 Å². The summed E-state index contributed by atoms with van der Waals surface area (Å²) in [4.78, 5) is 0. The maximum absolute atomic E-state index is 9.43. The summed E-state index contributed by atoms with van der Waals surface area (Å²) in [6, 6.07) is 6.13. The Morgan fingerprint density at radius 3 is 2.35 bits per heavy atom. The summed E-state index contributed by atoms with van der Waals surface area (Å²) in [5.41, 5.74) is 3.50. The van der Waals surface area contributed by atoms with Crippen molar-refractivity contribution < 1.29 is 9.53 Å². The van der Waals surface area contributed by atoms with E-state index in [9.17, 15) is 5.11 Å². The molecule has 0 unspecified atom stereocenters. The van der Waals surface area contributed by atoms with Gasteiger partial charge in [0.25, 0.3) is 0 Å². The van der Waals surface area contributed by atoms with Crippen LogP contribution in [0, 0.1) is 0 Å². The standard InChI is InChI=1S/C14H23O2Si/c1-14(2,3)13-8-6-7-11(9-15)12(13)10-16-17(4)5/h6-8,15H,9-10H2,1-5H3. The summed E-state index contributed by atoms with van der Waals surface area (Å²) >= 11 is 0. The van der Waals surface area contributed by atoms with Crippen LogP contribution in [0.1, 0.15) is 37.5 Å². The van der Waals surface area contributed by atoms with Gasteiger partial charge in [0.1, 0.15) is 0 Å². The van der Waals surface area contributed by atoms with E-state index in [-0.39, 0.29) is 12.0 Å². The minimum Gasteiger partial charge on any atom is -0.413 e. The Labute approximate surface area is 106 Å². The minimum atomic E-state index is -0.700. The molecule has 2 nitrogen and oxygen atoms in total. The Balaban J connectivity index is 3.12. The van der Waals surface area contributed by atoms with Gasteiger partial charge >= 0.3 is 0 Å². The SMILES string of the molecule is C[Si](C)OCc1c(CO)cccc1C(C)(C)C. The van der Waals surface area contributed by atoms with Crippen molar-refractivity contribution in [1.29, 1.82) is 0 Å². The third kappa shape index (κ3) is 3.94. The van der Waals surface area contributed by atoms with E-state index in [1.807, 2.05) is 12.1 Å². The van der Waals surface area contributed by atoms with E-state index < -0.39 is 9.04 Å². The quantitative estimate of drug-likeness (QED) is 0.832. The summed E-state index contributed by atoms with van der Waals surface area (Å²) in [6.07, 6.45) is 0. The fourth-order valence-electron chi connectivity index (χ4n) is 1.87. The van der Waals surface area contributed by atoms with Gasteiger partial charge in [-0.3, -0.25) is 0 Å². The average Bonchev–Trinajstić information content (AvgIpc) is 2.24. The van der Waals surface area contributed by atoms with E-state index >= 15 is 0 Å². The molecule has 0 aliphatic heterocycles. The largest absolute Gasteiger partial charge is 0.413 e. The third-order valence-corrected chi connectivity index (χ3v) is 3.48. The molecular formula is C14H23O2Si. The van der Waals surface area contributed by atoms with Crippen LogP contribution in [-0.2, 0) is 23.1 Å². The lowest BCUT2D eigenvalue weighted by Gasteiger charge is -2.25. The van der Waals surface area contributed by atoms with Crippen LogP contribution in [0.2, 0.25) is 13.1 Å². The predicted octanol–water partition coefficient (Wildman–Crippen LogP) is 3.24. The van der Waals surface area contributed by atoms with Gasteiger partial charge in [-0.2, -0.15) is 0 Å². The maximum Gasteiger partial charge on any atom is 0.205 e. The number of hydrogen-bond acceptors (Lipinski definition) is 2. The zero-order valence-electron chi connectivity index (χ0n) is 11.5. The number of hydrogen-bond donors (Lipinski definition) is 1. The molecule has 0 aliphatic rings. The second-order valence-corrected chi connectivity index (χ2v) is 7.65. The van der Waals surface area contributed by atoms with Gasteiger partial charge in [0.05, 0.1) is 13.2 Å². The lowest BCUT2D eigenvalue weighted by molar-refractivity contribution is 0.269. The Hall–Kier alpha value is -0.643. The highest BCUT2D eigenvalue weighted by molar-refractivity contribution is 6.48. The van der Waals surface area contributed by atoms with Crippen LogP contribution in [-0.4, -0.2) is 14.1 Å². The van der Waals surface area contributed by atoms with Gasteiger partial charge in [-0.15, -0.1) is 0 Å². The van der Waals surface area contributed by atoms with Gasteiger partial charge in [0.2, 0.25) is 9.04 Å². The normalized spacial score (nSPS) is 12.2. The van der Waals surface area contributed by atoms with E-state index in [0.717, 1.165) is 11.1 Å². The Bertz CT molecular complexity index is 367. The van der Waals surface area contributed by atoms with Gasteiger partial charge in [-0.25, -0.2) is 0 Å². The van der Waals surface area contributed by atoms with Crippen molar-refractivity contribution in [3.05, 3.63) is 34.9 Å². The van der Waals surface area contributed by atoms with Crippen LogP contribution in [0.5, 0.6) is 0 Å². The number of aliphatic hydroxyl groups is 1. The maximum atomic E-state index is 9.43. The van der Waals surface area contributed by atoms with Gasteiger partial charge in [0, 0.05) is 0 Å². The Morgan fingerprint density at radius 2 is 1.88 bits per heavy atom. The first-order valence-electron chi connectivity index (χ1n) is 6.01. The molecule has 0 fully saturated rings. The van der Waals surface area contributed by atoms with Gasteiger partial charge in [0.15, 0.2) is 0 Å². The molecule has 1 aromatic carbocycles. The minimum absolute atomic E-state index is 0.0815. The van der Waals surface area contributed by atoms with Crippen molar-refractivity contribution in [3.63, 3.8) is 0 Å². The molecule has 1 rings (SSSR count). The molecule has 3 heteroatoms. The fraction of sp³-hybridized carbons (Fsp3) is 0.571. The molecular weight excluding hydrogens is 228 g/mol. The van der Waals surface area contributed by atoms with Crippen molar-refractivity contribution >= 4 is 9.04 Å². The van der Waals surface area contributed by atoms with E-state index in [4.69, 9.17) is 4.43 Å². The van der Waals surface area contributed by atoms with Crippen LogP contribution < -0.4 is 0 Å². The van der Waals surface area contributed by atoms with Crippen LogP contribution in [0.4, 0.5) is 0 Å². The van der Waals surface area contributed by atoms with Crippen LogP contribution >= 0.6 is 0 Å². The third-order valence-electron chi connectivity index (χ3n) is 2.76. The molecule has 0 bridgehead atoms. The Kier molecular flexibility index (Phi) is 4.92. The average molecular weight is 251 g/mol. The highest BCUT2D eigenvalue weighted by Gasteiger charge is 2.19. The monoisotopic (exact) mass is 251 g/mol. The molecule has 95 valence electrons. The first-order valence-corrected chi connectivity index (χ1v) is 8.42. The first-order chi connectivity index (χ1) is 7.86. The summed E-state index contributed by atoms with van der Waals surface area (Å²) in [7, 11) is -0.700. The molecule has 0 aliphatic carbocycles. The highest BCUT2D eigenvalue weighted by atomic mass is 28.3. The molecule has 0 saturated heterocycles. The van der Waals surface area contributed by atoms with Crippen LogP contribution in [0.15, 0.2) is 18.2 Å². The zero-order valence-corrected chi connectivity index (χ0v) is 12.5. The van der Waals surface area contributed by atoms with Crippen molar-refractivity contribution in [3.8, 4) is 0 Å². The second-order valence-electron chi connectivity index (χ2n) is 5.55. The van der Waals surface area contributed by atoms with Crippen molar-refractivity contribution in [2.75, 3.05) is 0 Å². The molecule has 0 saturated carbocycles. The highest BCUT2D eigenvalue weighted by Crippen LogP contribution is 2.28. The number of aliphatic hydroxyl groups excluding tert-OH is 1. The van der Waals surface area contributed by atoms with E-state index in [1.165, 1.54) is 5.56 Å². The van der Waals surface area contributed by atoms with Gasteiger partial charge in [-0.05, 0) is 35.2 Å². The molecule has 0 atom stereocenters. The lowest BCUT2D eigenvalue weighted by atomic mass is 9.82. The van der Waals surface area contributed by atoms with Crippen LogP contribution in [0.3, 0.4) is 0 Å². The van der Waals surface area contributed by atoms with Crippen molar-refractivity contribution in [2.24, 2.45) is 0 Å². The summed E-state index contributed by atoms with van der Waals surface area (Å²) in [5, 5.41) is 9.43. The molecule has 1 aromatic rings. The molecule has 0 spiro atoms. The molecule has 0 heterocycles. The van der Waals surface area contributed by atoms with Gasteiger partial charge in [-0.1, -0.05) is 39.0 Å². The summed E-state index contributed by atoms with van der Waals surface area (Å²) < 4.78 is 5.80. The molecule has 1 N–H and O–H groups in total. The number of benzene rings is 1. The van der Waals surface area contributed by atoms with Gasteiger partial charge < -0.3 is 9.53 Å². The first kappa shape index (κ1) is 14.4. The Morgan fingerprint density at radius 1 is 1.24 bits per heavy atom. The topological polar surface area (TPSA) is 29.5 Å². The molecule has 17 heavy (non-hydrogen) atoms. The second kappa shape index (κ2) is 5.80. The zero-order chi connectivity index (χ0) is 13.1. The van der Waals surface area contributed by atoms with E-state index in [2.05, 4.69) is 39.9 Å². The van der Waals surface area contributed by atoms with Crippen molar-refractivity contribution in [1.82, 2.24) is 0 Å². The lowest BCUT2D eigenvalue weighted by Crippen LogP contribution is -2.18. The predicted molar refractivity (Wildman–Crippen MR) is 73.3 cm³/mol. The smallest absolute Gasteiger partial charge is 0.205 e. The van der Waals surface area contributed by atoms with E-state index in [0.29, 0.717) is 6.61 Å². The van der Waals surface area contributed by atoms with E-state index in [1.54, 1.807) is 0 Å². The summed E-state index contributed by atoms with van der Waals surface area (Å²) in [5.74, 6) is 0. The number of rotatable bonds is 4. The fourth-order valence-corrected chi connectivity index (χ4v) is 2.31. The summed E-state index contributed by atoms with van der Waals surface area (Å²) in [6.45, 7) is 11.5. The molecule has 1 radical (unpaired) electrons. The molecule has 0 aromatic heterocycles.